The molecule has 10 rings (SSSR count). The molecule has 0 radical (unpaired) electrons. The summed E-state index contributed by atoms with van der Waals surface area (Å²) in [6, 6.07) is 70.4. The van der Waals surface area contributed by atoms with E-state index in [0.717, 1.165) is 51.0 Å². The first-order valence-electron chi connectivity index (χ1n) is 19.8. The van der Waals surface area contributed by atoms with Crippen LogP contribution in [0.3, 0.4) is 0 Å². The van der Waals surface area contributed by atoms with Gasteiger partial charge in [0.25, 0.3) is 0 Å². The van der Waals surface area contributed by atoms with E-state index in [9.17, 15) is 0 Å². The molecule has 0 saturated carbocycles. The van der Waals surface area contributed by atoms with Gasteiger partial charge in [-0.15, -0.1) is 0 Å². The van der Waals surface area contributed by atoms with Crippen molar-refractivity contribution in [2.24, 2.45) is 0 Å². The Morgan fingerprint density at radius 1 is 0.293 bits per heavy atom. The molecule has 58 heavy (non-hydrogen) atoms. The summed E-state index contributed by atoms with van der Waals surface area (Å²) >= 11 is 0. The molecule has 2 aromatic heterocycles. The maximum atomic E-state index is 5.08. The Bertz CT molecular complexity index is 3070. The summed E-state index contributed by atoms with van der Waals surface area (Å²) in [6.07, 6.45) is 0.895. The van der Waals surface area contributed by atoms with E-state index in [4.69, 9.17) is 19.9 Å². The monoisotopic (exact) mass is 742 g/mol. The van der Waals surface area contributed by atoms with Crippen LogP contribution in [0.2, 0.25) is 0 Å². The lowest BCUT2D eigenvalue weighted by Gasteiger charge is -2.14. The van der Waals surface area contributed by atoms with Crippen molar-refractivity contribution < 1.29 is 0 Å². The zero-order chi connectivity index (χ0) is 38.8. The first-order valence-corrected chi connectivity index (χ1v) is 19.8. The third kappa shape index (κ3) is 6.71. The van der Waals surface area contributed by atoms with E-state index in [1.54, 1.807) is 0 Å². The lowest BCUT2D eigenvalue weighted by atomic mass is 9.91. The van der Waals surface area contributed by atoms with Gasteiger partial charge < -0.3 is 0 Å². The van der Waals surface area contributed by atoms with Gasteiger partial charge in [0.05, 0.1) is 5.52 Å². The van der Waals surface area contributed by atoms with Crippen LogP contribution in [0.4, 0.5) is 0 Å². The molecule has 0 bridgehead atoms. The highest BCUT2D eigenvalue weighted by molar-refractivity contribution is 6.05. The molecule has 4 heteroatoms. The Balaban J connectivity index is 1.02. The third-order valence-electron chi connectivity index (χ3n) is 10.9. The maximum Gasteiger partial charge on any atom is 0.164 e. The number of benzene rings is 8. The van der Waals surface area contributed by atoms with Gasteiger partial charge in [0, 0.05) is 27.8 Å². The minimum Gasteiger partial charge on any atom is -0.253 e. The largest absolute Gasteiger partial charge is 0.253 e. The number of hydrogen-bond donors (Lipinski definition) is 0. The van der Waals surface area contributed by atoms with Crippen LogP contribution in [0.25, 0.3) is 100 Å². The van der Waals surface area contributed by atoms with Crippen LogP contribution in [-0.2, 0) is 6.42 Å². The van der Waals surface area contributed by atoms with E-state index in [1.807, 2.05) is 36.4 Å². The van der Waals surface area contributed by atoms with Gasteiger partial charge in [-0.3, -0.25) is 4.98 Å². The van der Waals surface area contributed by atoms with Crippen molar-refractivity contribution in [3.8, 4) is 78.7 Å². The summed E-state index contributed by atoms with van der Waals surface area (Å²) < 4.78 is 0. The van der Waals surface area contributed by atoms with Crippen LogP contribution >= 0.6 is 0 Å². The standard InChI is InChI=1S/C54H38N4/c1-2-44-35-50(49-20-9-10-25-51(49)55-44)39-30-28-38(29-31-39)45-21-12-24-48-46(22-13-23-47(45)48)42-18-11-19-43(34-42)54-57-52(40-16-7-4-8-17-40)56-53(58-54)41-32-26-37(27-33-41)36-14-5-3-6-15-36/h3-35H,2H2,1H3. The lowest BCUT2D eigenvalue weighted by molar-refractivity contribution is 1.06. The number of aryl methyl sites for hydroxylation is 1. The van der Waals surface area contributed by atoms with Crippen LogP contribution in [-0.4, -0.2) is 19.9 Å². The van der Waals surface area contributed by atoms with Gasteiger partial charge in [0.15, 0.2) is 17.5 Å². The van der Waals surface area contributed by atoms with Crippen molar-refractivity contribution in [1.29, 1.82) is 0 Å². The molecule has 274 valence electrons. The number of nitrogens with zero attached hydrogens (tertiary/aromatic N) is 4. The normalized spacial score (nSPS) is 11.3. The second-order valence-corrected chi connectivity index (χ2v) is 14.5. The van der Waals surface area contributed by atoms with Gasteiger partial charge in [0.1, 0.15) is 0 Å². The first-order chi connectivity index (χ1) is 28.7. The summed E-state index contributed by atoms with van der Waals surface area (Å²) in [4.78, 5) is 20.0. The molecular formula is C54H38N4. The average Bonchev–Trinajstić information content (AvgIpc) is 3.31. The Kier molecular flexibility index (Phi) is 9.13. The molecule has 0 atom stereocenters. The van der Waals surface area contributed by atoms with Crippen LogP contribution in [0.1, 0.15) is 12.6 Å². The third-order valence-corrected chi connectivity index (χ3v) is 10.9. The zero-order valence-electron chi connectivity index (χ0n) is 32.0. The van der Waals surface area contributed by atoms with Gasteiger partial charge in [-0.2, -0.15) is 0 Å². The number of rotatable bonds is 8. The van der Waals surface area contributed by atoms with Gasteiger partial charge in [-0.1, -0.05) is 189 Å². The minimum atomic E-state index is 0.631. The number of para-hydroxylation sites is 1. The van der Waals surface area contributed by atoms with Crippen molar-refractivity contribution in [3.05, 3.63) is 206 Å². The molecule has 2 heterocycles. The Morgan fingerprint density at radius 3 is 1.38 bits per heavy atom. The average molecular weight is 743 g/mol. The van der Waals surface area contributed by atoms with Crippen LogP contribution in [0.5, 0.6) is 0 Å². The summed E-state index contributed by atoms with van der Waals surface area (Å²) in [5.41, 5.74) is 14.3. The van der Waals surface area contributed by atoms with Crippen molar-refractivity contribution in [3.63, 3.8) is 0 Å². The summed E-state index contributed by atoms with van der Waals surface area (Å²) in [6.45, 7) is 2.16. The Labute approximate surface area is 338 Å². The molecule has 8 aromatic carbocycles. The van der Waals surface area contributed by atoms with E-state index >= 15 is 0 Å². The van der Waals surface area contributed by atoms with Crippen LogP contribution in [0, 0.1) is 0 Å². The highest BCUT2D eigenvalue weighted by Crippen LogP contribution is 2.38. The number of aromatic nitrogens is 4. The molecule has 0 saturated heterocycles. The molecule has 4 nitrogen and oxygen atoms in total. The van der Waals surface area contributed by atoms with Gasteiger partial charge >= 0.3 is 0 Å². The SMILES string of the molecule is CCc1cc(-c2ccc(-c3cccc4c(-c5cccc(-c6nc(-c7ccccc7)nc(-c7ccc(-c8ccccc8)cc7)n6)c5)cccc34)cc2)c2ccccc2n1. The predicted molar refractivity (Wildman–Crippen MR) is 240 cm³/mol. The molecule has 10 aromatic rings. The van der Waals surface area contributed by atoms with Crippen LogP contribution in [0.15, 0.2) is 200 Å². The highest BCUT2D eigenvalue weighted by Gasteiger charge is 2.15. The zero-order valence-corrected chi connectivity index (χ0v) is 32.0. The van der Waals surface area contributed by atoms with Gasteiger partial charge in [-0.05, 0) is 79.9 Å². The van der Waals surface area contributed by atoms with Crippen molar-refractivity contribution in [2.75, 3.05) is 0 Å². The molecule has 0 unspecified atom stereocenters. The molecule has 0 aliphatic carbocycles. The second kappa shape index (κ2) is 15.2. The van der Waals surface area contributed by atoms with E-state index in [0.29, 0.717) is 17.5 Å². The number of hydrogen-bond acceptors (Lipinski definition) is 4. The fourth-order valence-electron chi connectivity index (χ4n) is 7.91. The van der Waals surface area contributed by atoms with Gasteiger partial charge in [0.2, 0.25) is 0 Å². The molecule has 0 aliphatic rings. The lowest BCUT2D eigenvalue weighted by Crippen LogP contribution is -2.00. The summed E-state index contributed by atoms with van der Waals surface area (Å²) in [5, 5.41) is 3.56. The number of pyridine rings is 1. The van der Waals surface area contributed by atoms with Crippen molar-refractivity contribution in [2.45, 2.75) is 13.3 Å². The highest BCUT2D eigenvalue weighted by atomic mass is 15.0. The van der Waals surface area contributed by atoms with Gasteiger partial charge in [-0.25, -0.2) is 15.0 Å². The van der Waals surface area contributed by atoms with Crippen molar-refractivity contribution >= 4 is 21.7 Å². The quantitative estimate of drug-likeness (QED) is 0.156. The van der Waals surface area contributed by atoms with E-state index < -0.39 is 0 Å². The maximum absolute atomic E-state index is 5.08. The summed E-state index contributed by atoms with van der Waals surface area (Å²) in [5.74, 6) is 1.91. The Morgan fingerprint density at radius 2 is 0.724 bits per heavy atom. The smallest absolute Gasteiger partial charge is 0.164 e. The number of fused-ring (bicyclic) bond motifs is 2. The minimum absolute atomic E-state index is 0.631. The predicted octanol–water partition coefficient (Wildman–Crippen LogP) is 13.8. The fraction of sp³-hybridized carbons (Fsp3) is 0.0370. The van der Waals surface area contributed by atoms with E-state index in [1.165, 1.54) is 44.0 Å². The molecule has 0 N–H and O–H groups in total. The first kappa shape index (κ1) is 34.9. The molecule has 0 amide bonds. The fourth-order valence-corrected chi connectivity index (χ4v) is 7.91. The van der Waals surface area contributed by atoms with Crippen LogP contribution < -0.4 is 0 Å². The van der Waals surface area contributed by atoms with E-state index in [-0.39, 0.29) is 0 Å². The second-order valence-electron chi connectivity index (χ2n) is 14.5. The topological polar surface area (TPSA) is 51.6 Å². The molecule has 0 fully saturated rings. The summed E-state index contributed by atoms with van der Waals surface area (Å²) in [7, 11) is 0. The molecule has 0 aliphatic heterocycles. The van der Waals surface area contributed by atoms with E-state index in [2.05, 4.69) is 171 Å². The van der Waals surface area contributed by atoms with Crippen molar-refractivity contribution in [1.82, 2.24) is 19.9 Å². The molecule has 0 spiro atoms. The Hall–Kier alpha value is -7.56. The molecular weight excluding hydrogens is 705 g/mol.